The summed E-state index contributed by atoms with van der Waals surface area (Å²) < 4.78 is 4.82. The minimum atomic E-state index is -1.21. The van der Waals surface area contributed by atoms with Crippen LogP contribution in [-0.2, 0) is 19.1 Å². The molecule has 1 aliphatic heterocycles. The fourth-order valence-corrected chi connectivity index (χ4v) is 1.35. The molecule has 18 heavy (non-hydrogen) atoms. The maximum Gasteiger partial charge on any atom is 0.326 e. The molecule has 0 saturated carbocycles. The number of nitrogens with one attached hydrogen (secondary N) is 1. The third kappa shape index (κ3) is 4.08. The standard InChI is InChI=1S/C10H13N3O5/c11-12-3-7(14)1-2-8(10(16)17)13-9(15)6-4-18-5-6/h3,6,8H,1-2,4-5H2,(H,13,15)(H,16,17)/t8-/m0/s1. The lowest BCUT2D eigenvalue weighted by atomic mass is 10.0. The van der Waals surface area contributed by atoms with E-state index in [4.69, 9.17) is 15.4 Å². The molecule has 0 radical (unpaired) electrons. The molecule has 0 aromatic heterocycles. The van der Waals surface area contributed by atoms with E-state index in [9.17, 15) is 14.4 Å². The summed E-state index contributed by atoms with van der Waals surface area (Å²) in [5, 5.41) is 11.2. The van der Waals surface area contributed by atoms with Crippen molar-refractivity contribution in [2.45, 2.75) is 18.9 Å². The van der Waals surface area contributed by atoms with Crippen LogP contribution in [0.1, 0.15) is 12.8 Å². The lowest BCUT2D eigenvalue weighted by molar-refractivity contribution is -0.147. The smallest absolute Gasteiger partial charge is 0.326 e. The molecule has 1 saturated heterocycles. The van der Waals surface area contributed by atoms with Crippen molar-refractivity contribution in [1.82, 2.24) is 5.32 Å². The number of ketones is 1. The SMILES string of the molecule is [N-]=[N+]=CC(=O)CC[C@H](NC(=O)C1COC1)C(=O)O. The molecule has 0 bridgehead atoms. The van der Waals surface area contributed by atoms with Crippen molar-refractivity contribution < 1.29 is 29.0 Å². The molecular formula is C10H13N3O5. The van der Waals surface area contributed by atoms with Gasteiger partial charge in [-0.2, -0.15) is 4.79 Å². The minimum absolute atomic E-state index is 0.0560. The first-order valence-corrected chi connectivity index (χ1v) is 5.35. The van der Waals surface area contributed by atoms with Crippen LogP contribution < -0.4 is 5.32 Å². The molecule has 2 N–H and O–H groups in total. The number of carboxylic acid groups (broad SMARTS) is 1. The maximum atomic E-state index is 11.5. The average Bonchev–Trinajstić information content (AvgIpc) is 2.21. The number of hydrogen-bond acceptors (Lipinski definition) is 4. The lowest BCUT2D eigenvalue weighted by Gasteiger charge is -2.26. The number of nitrogens with zero attached hydrogens (tertiary/aromatic N) is 2. The van der Waals surface area contributed by atoms with Crippen LogP contribution in [0, 0.1) is 5.92 Å². The van der Waals surface area contributed by atoms with Crippen LogP contribution in [0.5, 0.6) is 0 Å². The minimum Gasteiger partial charge on any atom is -0.480 e. The van der Waals surface area contributed by atoms with Crippen molar-refractivity contribution in [3.05, 3.63) is 5.53 Å². The molecule has 0 unspecified atom stereocenters. The van der Waals surface area contributed by atoms with Gasteiger partial charge in [0, 0.05) is 6.42 Å². The van der Waals surface area contributed by atoms with E-state index in [1.165, 1.54) is 0 Å². The molecule has 1 atom stereocenters. The molecule has 0 aliphatic carbocycles. The summed E-state index contributed by atoms with van der Waals surface area (Å²) in [6, 6.07) is -1.13. The van der Waals surface area contributed by atoms with Crippen molar-refractivity contribution in [2.24, 2.45) is 5.92 Å². The Labute approximate surface area is 103 Å². The summed E-state index contributed by atoms with van der Waals surface area (Å²) in [6.45, 7) is 0.572. The summed E-state index contributed by atoms with van der Waals surface area (Å²) in [6.07, 6.45) is 0.516. The van der Waals surface area contributed by atoms with Gasteiger partial charge in [0.2, 0.25) is 11.7 Å². The summed E-state index contributed by atoms with van der Waals surface area (Å²) in [5.41, 5.74) is 8.12. The molecule has 0 aromatic carbocycles. The highest BCUT2D eigenvalue weighted by Crippen LogP contribution is 2.10. The molecular weight excluding hydrogens is 242 g/mol. The Hall–Kier alpha value is -2.05. The summed E-state index contributed by atoms with van der Waals surface area (Å²) >= 11 is 0. The summed E-state index contributed by atoms with van der Waals surface area (Å²) in [4.78, 5) is 36.0. The van der Waals surface area contributed by atoms with Crippen LogP contribution in [0.2, 0.25) is 0 Å². The molecule has 1 rings (SSSR count). The topological polar surface area (TPSA) is 129 Å². The molecule has 1 heterocycles. The Morgan fingerprint density at radius 3 is 2.61 bits per heavy atom. The summed E-state index contributed by atoms with van der Waals surface area (Å²) in [5.74, 6) is -2.43. The quantitative estimate of drug-likeness (QED) is 0.337. The highest BCUT2D eigenvalue weighted by atomic mass is 16.5. The number of Topliss-reactive ketones (excluding diaryl/α,β-unsaturated/α-hetero) is 1. The zero-order valence-corrected chi connectivity index (χ0v) is 9.54. The van der Waals surface area contributed by atoms with E-state index in [1.807, 2.05) is 0 Å². The molecule has 1 amide bonds. The second-order valence-electron chi connectivity index (χ2n) is 3.88. The van der Waals surface area contributed by atoms with Gasteiger partial charge in [0.25, 0.3) is 0 Å². The van der Waals surface area contributed by atoms with Gasteiger partial charge in [-0.1, -0.05) is 0 Å². The van der Waals surface area contributed by atoms with Crippen LogP contribution in [0.15, 0.2) is 0 Å². The van der Waals surface area contributed by atoms with Crippen LogP contribution >= 0.6 is 0 Å². The lowest BCUT2D eigenvalue weighted by Crippen LogP contribution is -2.48. The van der Waals surface area contributed by atoms with Gasteiger partial charge in [0.05, 0.1) is 19.1 Å². The number of carbonyl (C=O) groups excluding carboxylic acids is 2. The average molecular weight is 255 g/mol. The molecule has 98 valence electrons. The van der Waals surface area contributed by atoms with Gasteiger partial charge in [-0.3, -0.25) is 9.59 Å². The third-order valence-electron chi connectivity index (χ3n) is 2.50. The number of aliphatic carboxylic acids is 1. The van der Waals surface area contributed by atoms with E-state index in [1.54, 1.807) is 0 Å². The number of carboxylic acids is 1. The maximum absolute atomic E-state index is 11.5. The van der Waals surface area contributed by atoms with Gasteiger partial charge >= 0.3 is 12.2 Å². The largest absolute Gasteiger partial charge is 0.480 e. The van der Waals surface area contributed by atoms with Gasteiger partial charge < -0.3 is 20.7 Å². The van der Waals surface area contributed by atoms with Gasteiger partial charge in [-0.25, -0.2) is 4.79 Å². The fourth-order valence-electron chi connectivity index (χ4n) is 1.35. The first-order valence-electron chi connectivity index (χ1n) is 5.35. The number of hydrogen-bond donors (Lipinski definition) is 2. The van der Waals surface area contributed by atoms with Gasteiger partial charge in [-0.05, 0) is 6.42 Å². The van der Waals surface area contributed by atoms with Crippen molar-refractivity contribution in [3.63, 3.8) is 0 Å². The fraction of sp³-hybridized carbons (Fsp3) is 0.600. The molecule has 8 heteroatoms. The summed E-state index contributed by atoms with van der Waals surface area (Å²) in [7, 11) is 0. The molecule has 1 fully saturated rings. The molecule has 1 aliphatic rings. The molecule has 8 nitrogen and oxygen atoms in total. The van der Waals surface area contributed by atoms with Crippen molar-refractivity contribution in [1.29, 1.82) is 0 Å². The number of rotatable bonds is 7. The van der Waals surface area contributed by atoms with Gasteiger partial charge in [0.1, 0.15) is 6.04 Å². The number of carbonyl (C=O) groups is 3. The van der Waals surface area contributed by atoms with Gasteiger partial charge in [0.15, 0.2) is 0 Å². The Morgan fingerprint density at radius 2 is 2.17 bits per heavy atom. The number of amides is 1. The van der Waals surface area contributed by atoms with Crippen LogP contribution in [0.3, 0.4) is 0 Å². The zero-order chi connectivity index (χ0) is 13.5. The predicted octanol–water partition coefficient (Wildman–Crippen LogP) is -1.15. The highest BCUT2D eigenvalue weighted by Gasteiger charge is 2.30. The van der Waals surface area contributed by atoms with Crippen LogP contribution in [0.4, 0.5) is 0 Å². The third-order valence-corrected chi connectivity index (χ3v) is 2.50. The van der Waals surface area contributed by atoms with Crippen LogP contribution in [0.25, 0.3) is 5.53 Å². The van der Waals surface area contributed by atoms with Crippen molar-refractivity contribution >= 4 is 23.9 Å². The Kier molecular flexibility index (Phi) is 5.16. The van der Waals surface area contributed by atoms with E-state index in [0.29, 0.717) is 6.21 Å². The van der Waals surface area contributed by atoms with Crippen LogP contribution in [-0.4, -0.2) is 53.0 Å². The van der Waals surface area contributed by atoms with E-state index in [0.717, 1.165) is 0 Å². The first-order chi connectivity index (χ1) is 8.54. The van der Waals surface area contributed by atoms with E-state index < -0.39 is 23.7 Å². The van der Waals surface area contributed by atoms with Crippen molar-refractivity contribution in [3.8, 4) is 0 Å². The van der Waals surface area contributed by atoms with E-state index in [2.05, 4.69) is 10.1 Å². The first kappa shape index (κ1) is 14.0. The second kappa shape index (κ2) is 6.63. The zero-order valence-electron chi connectivity index (χ0n) is 9.54. The molecule has 0 spiro atoms. The Bertz CT molecular complexity index is 398. The van der Waals surface area contributed by atoms with E-state index >= 15 is 0 Å². The number of ether oxygens (including phenoxy) is 1. The van der Waals surface area contributed by atoms with Gasteiger partial charge in [-0.15, -0.1) is 0 Å². The highest BCUT2D eigenvalue weighted by molar-refractivity contribution is 6.25. The molecule has 0 aromatic rings. The predicted molar refractivity (Wildman–Crippen MR) is 57.8 cm³/mol. The van der Waals surface area contributed by atoms with Crippen molar-refractivity contribution in [2.75, 3.05) is 13.2 Å². The normalized spacial score (nSPS) is 16.0. The Morgan fingerprint density at radius 1 is 1.50 bits per heavy atom. The second-order valence-corrected chi connectivity index (χ2v) is 3.88. The monoisotopic (exact) mass is 255 g/mol. The van der Waals surface area contributed by atoms with E-state index in [-0.39, 0.29) is 32.0 Å². The Balaban J connectivity index is 2.44.